The van der Waals surface area contributed by atoms with Crippen molar-refractivity contribution in [3.05, 3.63) is 23.8 Å². The molecule has 0 bridgehead atoms. The Hall–Kier alpha value is -1.79. The van der Waals surface area contributed by atoms with Crippen LogP contribution in [0.4, 0.5) is 11.4 Å². The van der Waals surface area contributed by atoms with Crippen LogP contribution in [0, 0.1) is 0 Å². The number of benzene rings is 1. The standard InChI is InChI=1S/C13H21N3O3/c1-18-7-5-15-12-4-3-10(9-11(12)14)13(17)16-6-8-19-2/h3-4,9,15H,5-8,14H2,1-2H3,(H,16,17). The highest BCUT2D eigenvalue weighted by Crippen LogP contribution is 2.19. The van der Waals surface area contributed by atoms with E-state index in [-0.39, 0.29) is 5.91 Å². The summed E-state index contributed by atoms with van der Waals surface area (Å²) < 4.78 is 9.81. The van der Waals surface area contributed by atoms with Crippen LogP contribution in [0.15, 0.2) is 18.2 Å². The van der Waals surface area contributed by atoms with Crippen LogP contribution in [0.25, 0.3) is 0 Å². The highest BCUT2D eigenvalue weighted by atomic mass is 16.5. The molecule has 0 radical (unpaired) electrons. The summed E-state index contributed by atoms with van der Waals surface area (Å²) in [7, 11) is 3.23. The average Bonchev–Trinajstić information content (AvgIpc) is 2.41. The highest BCUT2D eigenvalue weighted by Gasteiger charge is 2.07. The minimum absolute atomic E-state index is 0.160. The van der Waals surface area contributed by atoms with Crippen molar-refractivity contribution in [1.29, 1.82) is 0 Å². The SMILES string of the molecule is COCCNC(=O)c1ccc(NCCOC)c(N)c1. The summed E-state index contributed by atoms with van der Waals surface area (Å²) in [6, 6.07) is 5.17. The first-order valence-corrected chi connectivity index (χ1v) is 6.08. The minimum Gasteiger partial charge on any atom is -0.397 e. The molecule has 6 nitrogen and oxygen atoms in total. The maximum atomic E-state index is 11.8. The summed E-state index contributed by atoms with van der Waals surface area (Å²) in [5.41, 5.74) is 7.76. The molecule has 0 spiro atoms. The Balaban J connectivity index is 2.57. The molecule has 0 unspecified atom stereocenters. The fourth-order valence-electron chi connectivity index (χ4n) is 1.52. The lowest BCUT2D eigenvalue weighted by molar-refractivity contribution is 0.0937. The third-order valence-corrected chi connectivity index (χ3v) is 2.53. The lowest BCUT2D eigenvalue weighted by Crippen LogP contribution is -2.27. The molecule has 0 saturated carbocycles. The number of carbonyl (C=O) groups excluding carboxylic acids is 1. The van der Waals surface area contributed by atoms with E-state index in [1.165, 1.54) is 0 Å². The smallest absolute Gasteiger partial charge is 0.251 e. The van der Waals surface area contributed by atoms with Gasteiger partial charge in [-0.15, -0.1) is 0 Å². The van der Waals surface area contributed by atoms with E-state index >= 15 is 0 Å². The number of nitrogens with two attached hydrogens (primary N) is 1. The van der Waals surface area contributed by atoms with Crippen LogP contribution in [0.5, 0.6) is 0 Å². The van der Waals surface area contributed by atoms with Crippen LogP contribution in [0.1, 0.15) is 10.4 Å². The van der Waals surface area contributed by atoms with Crippen molar-refractivity contribution in [1.82, 2.24) is 5.32 Å². The first kappa shape index (κ1) is 15.3. The van der Waals surface area contributed by atoms with E-state index in [1.807, 2.05) is 0 Å². The molecule has 106 valence electrons. The first-order chi connectivity index (χ1) is 9.19. The van der Waals surface area contributed by atoms with Crippen molar-refractivity contribution >= 4 is 17.3 Å². The minimum atomic E-state index is -0.160. The van der Waals surface area contributed by atoms with Gasteiger partial charge in [0, 0.05) is 32.9 Å². The number of hydrogen-bond donors (Lipinski definition) is 3. The predicted octanol–water partition coefficient (Wildman–Crippen LogP) is 0.703. The van der Waals surface area contributed by atoms with E-state index in [2.05, 4.69) is 10.6 Å². The van der Waals surface area contributed by atoms with Gasteiger partial charge in [0.15, 0.2) is 0 Å². The van der Waals surface area contributed by atoms with Gasteiger partial charge in [-0.1, -0.05) is 0 Å². The van der Waals surface area contributed by atoms with E-state index < -0.39 is 0 Å². The van der Waals surface area contributed by atoms with Gasteiger partial charge in [-0.2, -0.15) is 0 Å². The summed E-state index contributed by atoms with van der Waals surface area (Å²) >= 11 is 0. The normalized spacial score (nSPS) is 10.2. The largest absolute Gasteiger partial charge is 0.397 e. The van der Waals surface area contributed by atoms with E-state index in [9.17, 15) is 4.79 Å². The van der Waals surface area contributed by atoms with Crippen molar-refractivity contribution in [2.75, 3.05) is 51.6 Å². The predicted molar refractivity (Wildman–Crippen MR) is 75.4 cm³/mol. The van der Waals surface area contributed by atoms with Gasteiger partial charge < -0.3 is 25.8 Å². The Bertz CT molecular complexity index is 410. The summed E-state index contributed by atoms with van der Waals surface area (Å²) in [6.45, 7) is 2.22. The number of rotatable bonds is 8. The number of ether oxygens (including phenoxy) is 2. The molecule has 6 heteroatoms. The molecule has 0 aliphatic heterocycles. The molecule has 1 aromatic rings. The fourth-order valence-corrected chi connectivity index (χ4v) is 1.52. The summed E-state index contributed by atoms with van der Waals surface area (Å²) in [6.07, 6.45) is 0. The molecule has 0 atom stereocenters. The summed E-state index contributed by atoms with van der Waals surface area (Å²) in [5.74, 6) is -0.160. The van der Waals surface area contributed by atoms with E-state index in [1.54, 1.807) is 32.4 Å². The number of amides is 1. The Kier molecular flexibility index (Phi) is 6.70. The van der Waals surface area contributed by atoms with Crippen molar-refractivity contribution in [3.63, 3.8) is 0 Å². The number of nitrogens with one attached hydrogen (secondary N) is 2. The molecule has 0 fully saturated rings. The monoisotopic (exact) mass is 267 g/mol. The van der Waals surface area contributed by atoms with Crippen molar-refractivity contribution in [2.45, 2.75) is 0 Å². The van der Waals surface area contributed by atoms with Crippen LogP contribution >= 0.6 is 0 Å². The zero-order valence-electron chi connectivity index (χ0n) is 11.4. The number of carbonyl (C=O) groups is 1. The number of nitrogen functional groups attached to an aromatic ring is 1. The van der Waals surface area contributed by atoms with E-state index in [0.717, 1.165) is 5.69 Å². The Labute approximate surface area is 113 Å². The van der Waals surface area contributed by atoms with Gasteiger partial charge >= 0.3 is 0 Å². The van der Waals surface area contributed by atoms with Crippen LogP contribution in [0.3, 0.4) is 0 Å². The van der Waals surface area contributed by atoms with E-state index in [4.69, 9.17) is 15.2 Å². The van der Waals surface area contributed by atoms with Crippen molar-refractivity contribution in [2.24, 2.45) is 0 Å². The molecule has 19 heavy (non-hydrogen) atoms. The van der Waals surface area contributed by atoms with Crippen LogP contribution in [-0.4, -0.2) is 46.4 Å². The second-order valence-electron chi connectivity index (χ2n) is 3.97. The zero-order valence-corrected chi connectivity index (χ0v) is 11.4. The van der Waals surface area contributed by atoms with Gasteiger partial charge in [-0.25, -0.2) is 0 Å². The molecule has 0 saturated heterocycles. The zero-order chi connectivity index (χ0) is 14.1. The maximum absolute atomic E-state index is 11.8. The van der Waals surface area contributed by atoms with Crippen LogP contribution in [-0.2, 0) is 9.47 Å². The molecule has 0 heterocycles. The van der Waals surface area contributed by atoms with Gasteiger partial charge in [-0.3, -0.25) is 4.79 Å². The molecular formula is C13H21N3O3. The van der Waals surface area contributed by atoms with Crippen LogP contribution < -0.4 is 16.4 Å². The van der Waals surface area contributed by atoms with Crippen molar-refractivity contribution in [3.8, 4) is 0 Å². The van der Waals surface area contributed by atoms with Gasteiger partial charge in [0.25, 0.3) is 5.91 Å². The Morgan fingerprint density at radius 1 is 1.21 bits per heavy atom. The molecular weight excluding hydrogens is 246 g/mol. The fraction of sp³-hybridized carbons (Fsp3) is 0.462. The van der Waals surface area contributed by atoms with Crippen molar-refractivity contribution < 1.29 is 14.3 Å². The maximum Gasteiger partial charge on any atom is 0.251 e. The van der Waals surface area contributed by atoms with Gasteiger partial charge in [0.05, 0.1) is 24.6 Å². The molecule has 0 aliphatic rings. The lowest BCUT2D eigenvalue weighted by atomic mass is 10.1. The average molecular weight is 267 g/mol. The molecule has 4 N–H and O–H groups in total. The molecule has 1 aromatic carbocycles. The topological polar surface area (TPSA) is 85.6 Å². The quantitative estimate of drug-likeness (QED) is 0.477. The van der Waals surface area contributed by atoms with Crippen LogP contribution in [0.2, 0.25) is 0 Å². The lowest BCUT2D eigenvalue weighted by Gasteiger charge is -2.10. The van der Waals surface area contributed by atoms with E-state index in [0.29, 0.717) is 37.6 Å². The second-order valence-corrected chi connectivity index (χ2v) is 3.97. The Morgan fingerprint density at radius 2 is 1.89 bits per heavy atom. The van der Waals surface area contributed by atoms with Gasteiger partial charge in [-0.05, 0) is 18.2 Å². The van der Waals surface area contributed by atoms with Gasteiger partial charge in [0.1, 0.15) is 0 Å². The highest BCUT2D eigenvalue weighted by molar-refractivity contribution is 5.96. The first-order valence-electron chi connectivity index (χ1n) is 6.08. The third kappa shape index (κ3) is 5.15. The van der Waals surface area contributed by atoms with Gasteiger partial charge in [0.2, 0.25) is 0 Å². The molecule has 0 aliphatic carbocycles. The third-order valence-electron chi connectivity index (χ3n) is 2.53. The summed E-state index contributed by atoms with van der Waals surface area (Å²) in [4.78, 5) is 11.8. The second kappa shape index (κ2) is 8.34. The molecule has 0 aromatic heterocycles. The number of hydrogen-bond acceptors (Lipinski definition) is 5. The molecule has 1 amide bonds. The number of anilines is 2. The Morgan fingerprint density at radius 3 is 2.53 bits per heavy atom. The number of methoxy groups -OCH3 is 2. The summed E-state index contributed by atoms with van der Waals surface area (Å²) in [5, 5.41) is 5.87. The molecule has 1 rings (SSSR count).